The molecule has 0 aromatic rings. The van der Waals surface area contributed by atoms with Crippen molar-refractivity contribution in [1.82, 2.24) is 10.2 Å². The number of hydrogen-bond donors (Lipinski definition) is 1. The van der Waals surface area contributed by atoms with Crippen LogP contribution in [0.2, 0.25) is 0 Å². The minimum Gasteiger partial charge on any atom is -0.383 e. The van der Waals surface area contributed by atoms with Gasteiger partial charge < -0.3 is 10.1 Å². The van der Waals surface area contributed by atoms with E-state index in [4.69, 9.17) is 4.74 Å². The number of ether oxygens (including phenoxy) is 1. The van der Waals surface area contributed by atoms with E-state index in [1.807, 2.05) is 7.11 Å². The second-order valence-electron chi connectivity index (χ2n) is 7.03. The molecule has 0 heterocycles. The largest absolute Gasteiger partial charge is 0.383 e. The summed E-state index contributed by atoms with van der Waals surface area (Å²) in [5.74, 6) is 0.949. The van der Waals surface area contributed by atoms with Crippen molar-refractivity contribution in [3.63, 3.8) is 0 Å². The SMILES string of the molecule is CCNCC1(CN(CCOC)C(C)C2CC2)CCCC1. The van der Waals surface area contributed by atoms with Crippen molar-refractivity contribution in [3.8, 4) is 0 Å². The summed E-state index contributed by atoms with van der Waals surface area (Å²) in [4.78, 5) is 2.73. The first-order chi connectivity index (χ1) is 9.71. The lowest BCUT2D eigenvalue weighted by molar-refractivity contribution is 0.0726. The van der Waals surface area contributed by atoms with Gasteiger partial charge in [-0.2, -0.15) is 0 Å². The number of hydrogen-bond acceptors (Lipinski definition) is 3. The maximum Gasteiger partial charge on any atom is 0.0589 e. The minimum atomic E-state index is 0.521. The zero-order valence-electron chi connectivity index (χ0n) is 13.8. The van der Waals surface area contributed by atoms with Crippen LogP contribution in [-0.2, 0) is 4.74 Å². The van der Waals surface area contributed by atoms with Crippen molar-refractivity contribution in [1.29, 1.82) is 0 Å². The highest BCUT2D eigenvalue weighted by Crippen LogP contribution is 2.41. The lowest BCUT2D eigenvalue weighted by atomic mass is 9.84. The maximum absolute atomic E-state index is 5.34. The van der Waals surface area contributed by atoms with Crippen LogP contribution in [0.25, 0.3) is 0 Å². The summed E-state index contributed by atoms with van der Waals surface area (Å²) in [6.45, 7) is 10.2. The summed E-state index contributed by atoms with van der Waals surface area (Å²) < 4.78 is 5.34. The van der Waals surface area contributed by atoms with Gasteiger partial charge in [0.05, 0.1) is 6.61 Å². The molecule has 118 valence electrons. The van der Waals surface area contributed by atoms with E-state index in [0.29, 0.717) is 5.41 Å². The predicted molar refractivity (Wildman–Crippen MR) is 85.1 cm³/mol. The summed E-state index contributed by atoms with van der Waals surface area (Å²) in [5.41, 5.74) is 0.521. The van der Waals surface area contributed by atoms with Crippen LogP contribution in [0.15, 0.2) is 0 Å². The fourth-order valence-corrected chi connectivity index (χ4v) is 3.85. The third kappa shape index (κ3) is 4.44. The Hall–Kier alpha value is -0.120. The molecule has 1 atom stereocenters. The van der Waals surface area contributed by atoms with Gasteiger partial charge in [-0.1, -0.05) is 19.8 Å². The number of nitrogens with one attached hydrogen (secondary N) is 1. The standard InChI is InChI=1S/C17H34N2O/c1-4-18-13-17(9-5-6-10-17)14-19(11-12-20-3)15(2)16-7-8-16/h15-16,18H,4-14H2,1-3H3. The number of methoxy groups -OCH3 is 1. The second-order valence-corrected chi connectivity index (χ2v) is 7.03. The van der Waals surface area contributed by atoms with Crippen molar-refractivity contribution in [2.75, 3.05) is 39.9 Å². The van der Waals surface area contributed by atoms with Crippen LogP contribution in [-0.4, -0.2) is 50.8 Å². The molecule has 0 saturated heterocycles. The molecule has 0 bridgehead atoms. The molecule has 0 radical (unpaired) electrons. The Kier molecular flexibility index (Phi) is 6.31. The van der Waals surface area contributed by atoms with Gasteiger partial charge >= 0.3 is 0 Å². The van der Waals surface area contributed by atoms with E-state index in [1.165, 1.54) is 51.6 Å². The van der Waals surface area contributed by atoms with Crippen LogP contribution in [0.1, 0.15) is 52.4 Å². The van der Waals surface area contributed by atoms with Crippen LogP contribution in [0.5, 0.6) is 0 Å². The summed E-state index contributed by atoms with van der Waals surface area (Å²) in [5, 5.41) is 3.62. The zero-order chi connectivity index (χ0) is 14.4. The molecule has 2 aliphatic rings. The Morgan fingerprint density at radius 1 is 1.30 bits per heavy atom. The molecule has 2 aliphatic carbocycles. The quantitative estimate of drug-likeness (QED) is 0.667. The van der Waals surface area contributed by atoms with Crippen molar-refractivity contribution in [2.45, 2.75) is 58.4 Å². The van der Waals surface area contributed by atoms with E-state index in [9.17, 15) is 0 Å². The average Bonchev–Trinajstić information content (AvgIpc) is 3.21. The molecular weight excluding hydrogens is 248 g/mol. The van der Waals surface area contributed by atoms with E-state index in [1.54, 1.807) is 0 Å². The first kappa shape index (κ1) is 16.3. The molecule has 0 amide bonds. The van der Waals surface area contributed by atoms with Crippen LogP contribution in [0.3, 0.4) is 0 Å². The lowest BCUT2D eigenvalue weighted by Crippen LogP contribution is -2.47. The first-order valence-corrected chi connectivity index (χ1v) is 8.64. The molecule has 2 rings (SSSR count). The summed E-state index contributed by atoms with van der Waals surface area (Å²) in [6.07, 6.45) is 8.51. The fraction of sp³-hybridized carbons (Fsp3) is 1.00. The van der Waals surface area contributed by atoms with Crippen molar-refractivity contribution >= 4 is 0 Å². The van der Waals surface area contributed by atoms with Gasteiger partial charge in [-0.15, -0.1) is 0 Å². The molecule has 3 heteroatoms. The van der Waals surface area contributed by atoms with Crippen LogP contribution in [0, 0.1) is 11.3 Å². The van der Waals surface area contributed by atoms with Crippen molar-refractivity contribution in [3.05, 3.63) is 0 Å². The Morgan fingerprint density at radius 3 is 2.55 bits per heavy atom. The lowest BCUT2D eigenvalue weighted by Gasteiger charge is -2.39. The molecule has 0 spiro atoms. The van der Waals surface area contributed by atoms with E-state index in [-0.39, 0.29) is 0 Å². The molecule has 2 fully saturated rings. The Balaban J connectivity index is 1.95. The van der Waals surface area contributed by atoms with Crippen molar-refractivity contribution in [2.24, 2.45) is 11.3 Å². The fourth-order valence-electron chi connectivity index (χ4n) is 3.85. The number of rotatable bonds is 10. The van der Waals surface area contributed by atoms with Gasteiger partial charge in [-0.25, -0.2) is 0 Å². The van der Waals surface area contributed by atoms with Gasteiger partial charge in [0.25, 0.3) is 0 Å². The number of nitrogens with zero attached hydrogens (tertiary/aromatic N) is 1. The Labute approximate surface area is 125 Å². The summed E-state index contributed by atoms with van der Waals surface area (Å²) in [7, 11) is 1.82. The molecule has 20 heavy (non-hydrogen) atoms. The van der Waals surface area contributed by atoms with Gasteiger partial charge in [-0.3, -0.25) is 4.90 Å². The van der Waals surface area contributed by atoms with Crippen LogP contribution in [0.4, 0.5) is 0 Å². The van der Waals surface area contributed by atoms with Crippen LogP contribution >= 0.6 is 0 Å². The topological polar surface area (TPSA) is 24.5 Å². The van der Waals surface area contributed by atoms with E-state index >= 15 is 0 Å². The van der Waals surface area contributed by atoms with E-state index < -0.39 is 0 Å². The third-order valence-electron chi connectivity index (χ3n) is 5.42. The molecule has 1 unspecified atom stereocenters. The first-order valence-electron chi connectivity index (χ1n) is 8.64. The Morgan fingerprint density at radius 2 is 2.00 bits per heavy atom. The van der Waals surface area contributed by atoms with Gasteiger partial charge in [0.15, 0.2) is 0 Å². The molecule has 1 N–H and O–H groups in total. The van der Waals surface area contributed by atoms with Crippen LogP contribution < -0.4 is 5.32 Å². The third-order valence-corrected chi connectivity index (χ3v) is 5.42. The highest BCUT2D eigenvalue weighted by atomic mass is 16.5. The highest BCUT2D eigenvalue weighted by Gasteiger charge is 2.39. The molecule has 2 saturated carbocycles. The van der Waals surface area contributed by atoms with Gasteiger partial charge in [0.2, 0.25) is 0 Å². The second kappa shape index (κ2) is 7.77. The molecule has 0 aromatic heterocycles. The summed E-state index contributed by atoms with van der Waals surface area (Å²) >= 11 is 0. The normalized spacial score (nSPS) is 23.4. The van der Waals surface area contributed by atoms with Gasteiger partial charge in [0, 0.05) is 32.8 Å². The predicted octanol–water partition coefficient (Wildman–Crippen LogP) is 2.90. The molecule has 0 aliphatic heterocycles. The van der Waals surface area contributed by atoms with Crippen molar-refractivity contribution < 1.29 is 4.74 Å². The van der Waals surface area contributed by atoms with E-state index in [0.717, 1.165) is 31.7 Å². The zero-order valence-corrected chi connectivity index (χ0v) is 13.8. The molecular formula is C17H34N2O. The van der Waals surface area contributed by atoms with E-state index in [2.05, 4.69) is 24.1 Å². The Bertz CT molecular complexity index is 272. The maximum atomic E-state index is 5.34. The minimum absolute atomic E-state index is 0.521. The average molecular weight is 282 g/mol. The summed E-state index contributed by atoms with van der Waals surface area (Å²) in [6, 6.07) is 0.740. The van der Waals surface area contributed by atoms with Gasteiger partial charge in [0.1, 0.15) is 0 Å². The van der Waals surface area contributed by atoms with Gasteiger partial charge in [-0.05, 0) is 50.5 Å². The monoisotopic (exact) mass is 282 g/mol. The smallest absolute Gasteiger partial charge is 0.0589 e. The molecule has 0 aromatic carbocycles. The highest BCUT2D eigenvalue weighted by molar-refractivity contribution is 4.93. The molecule has 3 nitrogen and oxygen atoms in total.